The Labute approximate surface area is 129 Å². The van der Waals surface area contributed by atoms with Gasteiger partial charge in [0.1, 0.15) is 0 Å². The zero-order chi connectivity index (χ0) is 16.3. The lowest BCUT2D eigenvalue weighted by molar-refractivity contribution is -0.147. The molecule has 0 aliphatic heterocycles. The van der Waals surface area contributed by atoms with Crippen LogP contribution in [0.5, 0.6) is 0 Å². The molecule has 22 heavy (non-hydrogen) atoms. The summed E-state index contributed by atoms with van der Waals surface area (Å²) in [5.74, 6) is -0.947. The second-order valence-electron chi connectivity index (χ2n) is 6.28. The fourth-order valence-corrected chi connectivity index (χ4v) is 2.37. The maximum Gasteiger partial charge on any atom is 0.309 e. The summed E-state index contributed by atoms with van der Waals surface area (Å²) < 4.78 is 0. The maximum absolute atomic E-state index is 12.0. The average molecular weight is 302 g/mol. The van der Waals surface area contributed by atoms with E-state index in [9.17, 15) is 9.59 Å². The summed E-state index contributed by atoms with van der Waals surface area (Å²) in [5.41, 5.74) is 2.32. The highest BCUT2D eigenvalue weighted by atomic mass is 16.4. The number of aliphatic carboxylic acids is 1. The summed E-state index contributed by atoms with van der Waals surface area (Å²) in [5, 5.41) is 12.9. The number of fused-ring (bicyclic) bond motifs is 1. The number of hydrogen-bond acceptors (Lipinski definition) is 2. The van der Waals surface area contributed by atoms with Gasteiger partial charge in [0.25, 0.3) is 0 Å². The maximum atomic E-state index is 12.0. The number of hydrogen-bond donors (Lipinski definition) is 3. The molecule has 0 bridgehead atoms. The van der Waals surface area contributed by atoms with Gasteiger partial charge in [-0.25, -0.2) is 0 Å². The molecule has 5 heteroatoms. The molecular formula is C17H22N2O3. The molecule has 0 fully saturated rings. The third kappa shape index (κ3) is 3.47. The third-order valence-electron chi connectivity index (χ3n) is 4.01. The predicted octanol–water partition coefficient (Wildman–Crippen LogP) is 2.64. The topological polar surface area (TPSA) is 82.2 Å². The Kier molecular flexibility index (Phi) is 4.54. The number of aryl methyl sites for hydroxylation is 1. The first-order valence-corrected chi connectivity index (χ1v) is 7.37. The number of amides is 1. The number of rotatable bonds is 6. The first kappa shape index (κ1) is 16.1. The molecule has 2 rings (SSSR count). The van der Waals surface area contributed by atoms with Crippen molar-refractivity contribution in [2.24, 2.45) is 5.41 Å². The van der Waals surface area contributed by atoms with E-state index in [-0.39, 0.29) is 12.3 Å². The number of H-pyrrole nitrogens is 1. The van der Waals surface area contributed by atoms with E-state index in [1.54, 1.807) is 13.8 Å². The molecule has 2 aromatic rings. The largest absolute Gasteiger partial charge is 0.481 e. The van der Waals surface area contributed by atoms with Crippen LogP contribution >= 0.6 is 0 Å². The fourth-order valence-electron chi connectivity index (χ4n) is 2.37. The summed E-state index contributed by atoms with van der Waals surface area (Å²) in [7, 11) is 0. The van der Waals surface area contributed by atoms with Crippen LogP contribution in [0.15, 0.2) is 24.4 Å². The highest BCUT2D eigenvalue weighted by Crippen LogP contribution is 2.22. The molecule has 0 spiro atoms. The normalized spacial score (nSPS) is 11.6. The van der Waals surface area contributed by atoms with Crippen LogP contribution in [0, 0.1) is 12.3 Å². The van der Waals surface area contributed by atoms with E-state index >= 15 is 0 Å². The first-order valence-electron chi connectivity index (χ1n) is 7.37. The minimum Gasteiger partial charge on any atom is -0.481 e. The van der Waals surface area contributed by atoms with Crippen molar-refractivity contribution in [2.75, 3.05) is 6.54 Å². The van der Waals surface area contributed by atoms with E-state index in [1.165, 1.54) is 0 Å². The second kappa shape index (κ2) is 6.22. The number of carbonyl (C=O) groups excluding carboxylic acids is 1. The number of para-hydroxylation sites is 1. The summed E-state index contributed by atoms with van der Waals surface area (Å²) in [6.07, 6.45) is 2.55. The molecule has 0 unspecified atom stereocenters. The first-order chi connectivity index (χ1) is 10.3. The highest BCUT2D eigenvalue weighted by Gasteiger charge is 2.26. The Morgan fingerprint density at radius 3 is 2.73 bits per heavy atom. The SMILES string of the molecule is Cc1cccc2c(CC(=O)NCCC(C)(C)C(=O)O)c[nH]c12. The molecule has 118 valence electrons. The van der Waals surface area contributed by atoms with Crippen molar-refractivity contribution in [1.29, 1.82) is 0 Å². The highest BCUT2D eigenvalue weighted by molar-refractivity contribution is 5.90. The molecule has 0 aliphatic rings. The molecule has 3 N–H and O–H groups in total. The van der Waals surface area contributed by atoms with Crippen LogP contribution in [-0.2, 0) is 16.0 Å². The monoisotopic (exact) mass is 302 g/mol. The minimum absolute atomic E-state index is 0.0939. The molecule has 0 radical (unpaired) electrons. The lowest BCUT2D eigenvalue weighted by Gasteiger charge is -2.18. The van der Waals surface area contributed by atoms with Gasteiger partial charge < -0.3 is 15.4 Å². The Morgan fingerprint density at radius 2 is 2.05 bits per heavy atom. The van der Waals surface area contributed by atoms with Crippen molar-refractivity contribution in [1.82, 2.24) is 10.3 Å². The molecular weight excluding hydrogens is 280 g/mol. The van der Waals surface area contributed by atoms with Crippen LogP contribution in [0.3, 0.4) is 0 Å². The average Bonchev–Trinajstić information content (AvgIpc) is 2.83. The number of aromatic amines is 1. The Morgan fingerprint density at radius 1 is 1.32 bits per heavy atom. The number of carboxylic acids is 1. The Hall–Kier alpha value is -2.30. The summed E-state index contributed by atoms with van der Waals surface area (Å²) in [6.45, 7) is 5.70. The van der Waals surface area contributed by atoms with E-state index in [1.807, 2.05) is 31.3 Å². The van der Waals surface area contributed by atoms with Crippen molar-refractivity contribution in [3.05, 3.63) is 35.5 Å². The fraction of sp³-hybridized carbons (Fsp3) is 0.412. The Bertz CT molecular complexity index is 701. The van der Waals surface area contributed by atoms with Gasteiger partial charge in [0, 0.05) is 23.6 Å². The van der Waals surface area contributed by atoms with E-state index < -0.39 is 11.4 Å². The number of carbonyl (C=O) groups is 2. The number of nitrogens with one attached hydrogen (secondary N) is 2. The van der Waals surface area contributed by atoms with Crippen molar-refractivity contribution in [3.63, 3.8) is 0 Å². The van der Waals surface area contributed by atoms with Gasteiger partial charge in [-0.05, 0) is 38.3 Å². The van der Waals surface area contributed by atoms with Crippen LogP contribution in [0.2, 0.25) is 0 Å². The van der Waals surface area contributed by atoms with E-state index in [4.69, 9.17) is 5.11 Å². The van der Waals surface area contributed by atoms with Gasteiger partial charge >= 0.3 is 5.97 Å². The lowest BCUT2D eigenvalue weighted by Crippen LogP contribution is -2.32. The van der Waals surface area contributed by atoms with Crippen molar-refractivity contribution < 1.29 is 14.7 Å². The minimum atomic E-state index is -0.853. The standard InChI is InChI=1S/C17H22N2O3/c1-11-5-4-6-13-12(10-19-15(11)13)9-14(20)18-8-7-17(2,3)16(21)22/h4-6,10,19H,7-9H2,1-3H3,(H,18,20)(H,21,22). The molecule has 0 aliphatic carbocycles. The molecule has 1 amide bonds. The van der Waals surface area contributed by atoms with E-state index in [2.05, 4.69) is 10.3 Å². The molecule has 0 atom stereocenters. The zero-order valence-electron chi connectivity index (χ0n) is 13.2. The van der Waals surface area contributed by atoms with Crippen LogP contribution in [-0.4, -0.2) is 28.5 Å². The van der Waals surface area contributed by atoms with Crippen LogP contribution in [0.1, 0.15) is 31.4 Å². The van der Waals surface area contributed by atoms with Crippen molar-refractivity contribution >= 4 is 22.8 Å². The molecule has 0 saturated carbocycles. The van der Waals surface area contributed by atoms with Gasteiger partial charge in [0.15, 0.2) is 0 Å². The van der Waals surface area contributed by atoms with Gasteiger partial charge in [-0.2, -0.15) is 0 Å². The number of carboxylic acid groups (broad SMARTS) is 1. The molecule has 1 aromatic carbocycles. The van der Waals surface area contributed by atoms with Gasteiger partial charge in [0.2, 0.25) is 5.91 Å². The predicted molar refractivity (Wildman–Crippen MR) is 85.8 cm³/mol. The Balaban J connectivity index is 1.95. The van der Waals surface area contributed by atoms with Crippen LogP contribution < -0.4 is 5.32 Å². The molecule has 1 aromatic heterocycles. The summed E-state index contributed by atoms with van der Waals surface area (Å²) >= 11 is 0. The van der Waals surface area contributed by atoms with Crippen LogP contribution in [0.25, 0.3) is 10.9 Å². The quantitative estimate of drug-likeness (QED) is 0.767. The molecule has 0 saturated heterocycles. The van der Waals surface area contributed by atoms with Gasteiger partial charge in [0.05, 0.1) is 11.8 Å². The van der Waals surface area contributed by atoms with Crippen molar-refractivity contribution in [3.8, 4) is 0 Å². The van der Waals surface area contributed by atoms with Crippen LogP contribution in [0.4, 0.5) is 0 Å². The van der Waals surface area contributed by atoms with E-state index in [0.29, 0.717) is 13.0 Å². The number of aromatic nitrogens is 1. The molecule has 5 nitrogen and oxygen atoms in total. The van der Waals surface area contributed by atoms with Gasteiger partial charge in [-0.1, -0.05) is 18.2 Å². The van der Waals surface area contributed by atoms with Gasteiger partial charge in [-0.3, -0.25) is 9.59 Å². The zero-order valence-corrected chi connectivity index (χ0v) is 13.2. The second-order valence-corrected chi connectivity index (χ2v) is 6.28. The van der Waals surface area contributed by atoms with E-state index in [0.717, 1.165) is 22.0 Å². The smallest absolute Gasteiger partial charge is 0.309 e. The van der Waals surface area contributed by atoms with Gasteiger partial charge in [-0.15, -0.1) is 0 Å². The summed E-state index contributed by atoms with van der Waals surface area (Å²) in [4.78, 5) is 26.2. The summed E-state index contributed by atoms with van der Waals surface area (Å²) in [6, 6.07) is 5.99. The molecule has 1 heterocycles. The lowest BCUT2D eigenvalue weighted by atomic mass is 9.90. The third-order valence-corrected chi connectivity index (χ3v) is 4.01. The van der Waals surface area contributed by atoms with Crippen molar-refractivity contribution in [2.45, 2.75) is 33.6 Å². The number of benzene rings is 1.